The molecule has 0 aliphatic rings. The summed E-state index contributed by atoms with van der Waals surface area (Å²) >= 11 is 0. The summed E-state index contributed by atoms with van der Waals surface area (Å²) in [6, 6.07) is 18.2. The maximum atomic E-state index is 11.4. The lowest BCUT2D eigenvalue weighted by atomic mass is 10.0. The van der Waals surface area contributed by atoms with E-state index < -0.39 is 5.91 Å². The van der Waals surface area contributed by atoms with Crippen LogP contribution in [-0.2, 0) is 6.54 Å². The number of nitrogens with zero attached hydrogens (tertiary/aromatic N) is 1. The second kappa shape index (κ2) is 8.47. The normalized spacial score (nSPS) is 11.8. The zero-order valence-electron chi connectivity index (χ0n) is 15.5. The second-order valence-electron chi connectivity index (χ2n) is 6.41. The smallest absolute Gasteiger partial charge is 0.250 e. The van der Waals surface area contributed by atoms with Gasteiger partial charge >= 0.3 is 0 Å². The van der Waals surface area contributed by atoms with Gasteiger partial charge in [-0.15, -0.1) is 0 Å². The van der Waals surface area contributed by atoms with Gasteiger partial charge < -0.3 is 15.8 Å². The Hall–Kier alpha value is -3.18. The lowest BCUT2D eigenvalue weighted by Crippen LogP contribution is -2.18. The van der Waals surface area contributed by atoms with E-state index in [9.17, 15) is 4.79 Å². The van der Waals surface area contributed by atoms with Crippen molar-refractivity contribution in [3.63, 3.8) is 0 Å². The number of amides is 1. The minimum atomic E-state index is -0.478. The molecule has 0 aliphatic heterocycles. The van der Waals surface area contributed by atoms with Crippen LogP contribution in [-0.4, -0.2) is 18.0 Å². The zero-order valence-corrected chi connectivity index (χ0v) is 15.5. The van der Waals surface area contributed by atoms with Crippen LogP contribution in [0.3, 0.4) is 0 Å². The summed E-state index contributed by atoms with van der Waals surface area (Å²) in [4.78, 5) is 15.5. The molecular weight excluding hydrogens is 338 g/mol. The molecule has 3 rings (SSSR count). The quantitative estimate of drug-likeness (QED) is 0.672. The molecule has 1 atom stereocenters. The number of pyridine rings is 1. The Morgan fingerprint density at radius 2 is 1.93 bits per heavy atom. The molecule has 2 aromatic carbocycles. The van der Waals surface area contributed by atoms with Gasteiger partial charge in [0.05, 0.1) is 12.7 Å². The first-order valence-electron chi connectivity index (χ1n) is 8.78. The summed E-state index contributed by atoms with van der Waals surface area (Å²) in [5.74, 6) is 0.374. The fourth-order valence-corrected chi connectivity index (χ4v) is 2.89. The van der Waals surface area contributed by atoms with Crippen molar-refractivity contribution in [1.82, 2.24) is 10.3 Å². The largest absolute Gasteiger partial charge is 0.497 e. The van der Waals surface area contributed by atoms with Crippen LogP contribution in [0.1, 0.15) is 34.5 Å². The molecule has 1 heterocycles. The van der Waals surface area contributed by atoms with Gasteiger partial charge in [0, 0.05) is 30.5 Å². The number of rotatable bonds is 7. The van der Waals surface area contributed by atoms with Crippen LogP contribution in [0, 0.1) is 0 Å². The third-order valence-electron chi connectivity index (χ3n) is 4.49. The van der Waals surface area contributed by atoms with Crippen molar-refractivity contribution in [3.8, 4) is 16.9 Å². The fourth-order valence-electron chi connectivity index (χ4n) is 2.89. The van der Waals surface area contributed by atoms with E-state index in [4.69, 9.17) is 10.5 Å². The van der Waals surface area contributed by atoms with E-state index in [2.05, 4.69) is 35.4 Å². The molecule has 1 amide bonds. The molecule has 0 aliphatic carbocycles. The van der Waals surface area contributed by atoms with Crippen LogP contribution in [0.25, 0.3) is 11.1 Å². The van der Waals surface area contributed by atoms with Crippen LogP contribution in [0.2, 0.25) is 0 Å². The van der Waals surface area contributed by atoms with Crippen molar-refractivity contribution in [3.05, 3.63) is 83.7 Å². The number of hydrogen-bond acceptors (Lipinski definition) is 4. The number of carbonyl (C=O) groups excluding carboxylic acids is 1. The van der Waals surface area contributed by atoms with Crippen molar-refractivity contribution >= 4 is 5.91 Å². The first-order valence-corrected chi connectivity index (χ1v) is 8.78. The van der Waals surface area contributed by atoms with Crippen molar-refractivity contribution in [2.75, 3.05) is 7.11 Å². The highest BCUT2D eigenvalue weighted by Crippen LogP contribution is 2.22. The Morgan fingerprint density at radius 3 is 2.70 bits per heavy atom. The summed E-state index contributed by atoms with van der Waals surface area (Å²) in [7, 11) is 1.67. The molecular formula is C22H23N3O2. The number of hydrogen-bond donors (Lipinski definition) is 2. The monoisotopic (exact) mass is 361 g/mol. The molecule has 138 valence electrons. The minimum absolute atomic E-state index is 0.184. The summed E-state index contributed by atoms with van der Waals surface area (Å²) < 4.78 is 5.29. The lowest BCUT2D eigenvalue weighted by Gasteiger charge is -2.15. The van der Waals surface area contributed by atoms with Gasteiger partial charge in [-0.2, -0.15) is 0 Å². The van der Waals surface area contributed by atoms with Gasteiger partial charge in [0.1, 0.15) is 5.75 Å². The summed E-state index contributed by atoms with van der Waals surface area (Å²) in [6.07, 6.45) is 3.21. The SMILES string of the molecule is COc1cccc(C(C)NCc2cccc(-c3cncc(C(N)=O)c3)c2)c1. The number of carbonyl (C=O) groups is 1. The summed E-state index contributed by atoms with van der Waals surface area (Å²) in [5, 5.41) is 3.53. The molecule has 3 aromatic rings. The van der Waals surface area contributed by atoms with E-state index in [0.717, 1.165) is 29.0 Å². The number of aromatic nitrogens is 1. The molecule has 5 heteroatoms. The highest BCUT2D eigenvalue weighted by atomic mass is 16.5. The molecule has 1 unspecified atom stereocenters. The van der Waals surface area contributed by atoms with E-state index in [1.54, 1.807) is 19.4 Å². The average Bonchev–Trinajstić information content (AvgIpc) is 2.72. The molecule has 5 nitrogen and oxygen atoms in total. The molecule has 0 saturated carbocycles. The highest BCUT2D eigenvalue weighted by Gasteiger charge is 2.08. The first kappa shape index (κ1) is 18.6. The van der Waals surface area contributed by atoms with E-state index in [0.29, 0.717) is 5.56 Å². The number of benzene rings is 2. The second-order valence-corrected chi connectivity index (χ2v) is 6.41. The molecule has 0 saturated heterocycles. The maximum Gasteiger partial charge on any atom is 0.250 e. The van der Waals surface area contributed by atoms with Gasteiger partial charge in [0.25, 0.3) is 0 Å². The molecule has 3 N–H and O–H groups in total. The van der Waals surface area contributed by atoms with E-state index in [-0.39, 0.29) is 6.04 Å². The van der Waals surface area contributed by atoms with Gasteiger partial charge in [-0.05, 0) is 47.9 Å². The van der Waals surface area contributed by atoms with E-state index >= 15 is 0 Å². The van der Waals surface area contributed by atoms with Gasteiger partial charge in [-0.3, -0.25) is 9.78 Å². The van der Waals surface area contributed by atoms with Gasteiger partial charge in [0.2, 0.25) is 5.91 Å². The van der Waals surface area contributed by atoms with Crippen molar-refractivity contribution < 1.29 is 9.53 Å². The van der Waals surface area contributed by atoms with Crippen molar-refractivity contribution in [1.29, 1.82) is 0 Å². The Kier molecular flexibility index (Phi) is 5.84. The van der Waals surface area contributed by atoms with Crippen LogP contribution >= 0.6 is 0 Å². The van der Waals surface area contributed by atoms with Crippen molar-refractivity contribution in [2.24, 2.45) is 5.73 Å². The summed E-state index contributed by atoms with van der Waals surface area (Å²) in [5.41, 5.74) is 9.94. The maximum absolute atomic E-state index is 11.4. The van der Waals surface area contributed by atoms with Crippen LogP contribution in [0.15, 0.2) is 67.0 Å². The van der Waals surface area contributed by atoms with E-state index in [1.807, 2.05) is 30.3 Å². The molecule has 0 radical (unpaired) electrons. The fraction of sp³-hybridized carbons (Fsp3) is 0.182. The lowest BCUT2D eigenvalue weighted by molar-refractivity contribution is 0.1000. The Morgan fingerprint density at radius 1 is 1.11 bits per heavy atom. The van der Waals surface area contributed by atoms with Crippen LogP contribution in [0.5, 0.6) is 5.75 Å². The molecule has 0 fully saturated rings. The van der Waals surface area contributed by atoms with Gasteiger partial charge in [0.15, 0.2) is 0 Å². The highest BCUT2D eigenvalue weighted by molar-refractivity contribution is 5.93. The van der Waals surface area contributed by atoms with Crippen molar-refractivity contribution in [2.45, 2.75) is 19.5 Å². The zero-order chi connectivity index (χ0) is 19.2. The predicted octanol–water partition coefficient (Wildman–Crippen LogP) is 3.71. The topological polar surface area (TPSA) is 77.2 Å². The molecule has 1 aromatic heterocycles. The van der Waals surface area contributed by atoms with Crippen LogP contribution in [0.4, 0.5) is 0 Å². The third-order valence-corrected chi connectivity index (χ3v) is 4.49. The Balaban J connectivity index is 1.72. The standard InChI is InChI=1S/C22H23N3O2/c1-15(17-6-4-8-21(11-17)27-2)25-12-16-5-3-7-18(9-16)19-10-20(22(23)26)14-24-13-19/h3-11,13-15,25H,12H2,1-2H3,(H2,23,26). The van der Waals surface area contributed by atoms with Crippen LogP contribution < -0.4 is 15.8 Å². The third kappa shape index (κ3) is 4.71. The Labute approximate surface area is 159 Å². The minimum Gasteiger partial charge on any atom is -0.497 e. The van der Waals surface area contributed by atoms with Gasteiger partial charge in [-0.1, -0.05) is 30.3 Å². The summed E-state index contributed by atoms with van der Waals surface area (Å²) in [6.45, 7) is 2.84. The van der Waals surface area contributed by atoms with E-state index in [1.165, 1.54) is 11.8 Å². The average molecular weight is 361 g/mol. The Bertz CT molecular complexity index is 940. The molecule has 27 heavy (non-hydrogen) atoms. The number of nitrogens with two attached hydrogens (primary N) is 1. The number of methoxy groups -OCH3 is 1. The molecule has 0 bridgehead atoms. The molecule has 0 spiro atoms. The first-order chi connectivity index (χ1) is 13.1. The number of primary amides is 1. The number of nitrogens with one attached hydrogen (secondary N) is 1. The van der Waals surface area contributed by atoms with Gasteiger partial charge in [-0.25, -0.2) is 0 Å². The number of ether oxygens (including phenoxy) is 1. The predicted molar refractivity (Wildman–Crippen MR) is 106 cm³/mol.